The Balaban J connectivity index is 2.73. The molecule has 1 rings (SSSR count). The number of anilines is 1. The fraction of sp³-hybridized carbons (Fsp3) is 0.462. The number of nitrogens with one attached hydrogen (secondary N) is 1. The van der Waals surface area contributed by atoms with Crippen LogP contribution in [0.4, 0.5) is 5.69 Å². The van der Waals surface area contributed by atoms with E-state index >= 15 is 0 Å². The fourth-order valence-corrected chi connectivity index (χ4v) is 1.33. The van der Waals surface area contributed by atoms with Crippen molar-refractivity contribution in [3.05, 3.63) is 29.3 Å². The summed E-state index contributed by atoms with van der Waals surface area (Å²) < 4.78 is 0. The SMILES string of the molecule is CCC(C)CNc1ccc(C)cc1C#N. The van der Waals surface area contributed by atoms with Gasteiger partial charge in [-0.3, -0.25) is 0 Å². The van der Waals surface area contributed by atoms with E-state index in [1.165, 1.54) is 0 Å². The van der Waals surface area contributed by atoms with Crippen LogP contribution in [0.5, 0.6) is 0 Å². The third kappa shape index (κ3) is 3.28. The maximum Gasteiger partial charge on any atom is 0.101 e. The van der Waals surface area contributed by atoms with Gasteiger partial charge in [0.2, 0.25) is 0 Å². The van der Waals surface area contributed by atoms with Crippen LogP contribution in [0.2, 0.25) is 0 Å². The van der Waals surface area contributed by atoms with Crippen molar-refractivity contribution in [2.24, 2.45) is 5.92 Å². The van der Waals surface area contributed by atoms with Gasteiger partial charge in [0.25, 0.3) is 0 Å². The van der Waals surface area contributed by atoms with Crippen LogP contribution in [-0.4, -0.2) is 6.54 Å². The maximum absolute atomic E-state index is 8.98. The van der Waals surface area contributed by atoms with Crippen molar-refractivity contribution in [3.63, 3.8) is 0 Å². The first kappa shape index (κ1) is 11.6. The molecule has 1 atom stereocenters. The van der Waals surface area contributed by atoms with Gasteiger partial charge in [0.1, 0.15) is 6.07 Å². The van der Waals surface area contributed by atoms with E-state index in [-0.39, 0.29) is 0 Å². The molecular weight excluding hydrogens is 184 g/mol. The molecule has 0 bridgehead atoms. The predicted octanol–water partition coefficient (Wildman–Crippen LogP) is 3.32. The minimum Gasteiger partial charge on any atom is -0.384 e. The van der Waals surface area contributed by atoms with E-state index < -0.39 is 0 Å². The van der Waals surface area contributed by atoms with E-state index in [0.29, 0.717) is 5.92 Å². The van der Waals surface area contributed by atoms with Crippen molar-refractivity contribution in [1.29, 1.82) is 5.26 Å². The van der Waals surface area contributed by atoms with Gasteiger partial charge in [-0.1, -0.05) is 26.3 Å². The highest BCUT2D eigenvalue weighted by Crippen LogP contribution is 2.17. The van der Waals surface area contributed by atoms with Crippen molar-refractivity contribution in [2.45, 2.75) is 27.2 Å². The van der Waals surface area contributed by atoms with Crippen molar-refractivity contribution < 1.29 is 0 Å². The molecule has 0 spiro atoms. The minimum absolute atomic E-state index is 0.637. The van der Waals surface area contributed by atoms with Crippen LogP contribution in [-0.2, 0) is 0 Å². The third-order valence-corrected chi connectivity index (χ3v) is 2.63. The van der Waals surface area contributed by atoms with Gasteiger partial charge < -0.3 is 5.32 Å². The number of hydrogen-bond donors (Lipinski definition) is 1. The summed E-state index contributed by atoms with van der Waals surface area (Å²) in [7, 11) is 0. The molecule has 0 aromatic heterocycles. The Labute approximate surface area is 91.9 Å². The Kier molecular flexibility index (Phi) is 4.17. The van der Waals surface area contributed by atoms with Crippen molar-refractivity contribution in [1.82, 2.24) is 0 Å². The van der Waals surface area contributed by atoms with Gasteiger partial charge in [-0.05, 0) is 30.5 Å². The van der Waals surface area contributed by atoms with E-state index in [4.69, 9.17) is 5.26 Å². The molecule has 0 fully saturated rings. The molecule has 1 unspecified atom stereocenters. The zero-order valence-electron chi connectivity index (χ0n) is 9.67. The highest BCUT2D eigenvalue weighted by molar-refractivity contribution is 5.58. The van der Waals surface area contributed by atoms with Crippen molar-refractivity contribution in [2.75, 3.05) is 11.9 Å². The van der Waals surface area contributed by atoms with Gasteiger partial charge in [-0.2, -0.15) is 5.26 Å². The van der Waals surface area contributed by atoms with Gasteiger partial charge in [0, 0.05) is 6.54 Å². The van der Waals surface area contributed by atoms with Crippen molar-refractivity contribution in [3.8, 4) is 6.07 Å². The molecule has 1 N–H and O–H groups in total. The van der Waals surface area contributed by atoms with Crippen molar-refractivity contribution >= 4 is 5.69 Å². The Hall–Kier alpha value is -1.49. The number of nitriles is 1. The second-order valence-electron chi connectivity index (χ2n) is 4.06. The smallest absolute Gasteiger partial charge is 0.101 e. The second kappa shape index (κ2) is 5.41. The number of aryl methyl sites for hydroxylation is 1. The second-order valence-corrected chi connectivity index (χ2v) is 4.06. The molecule has 2 nitrogen and oxygen atoms in total. The van der Waals surface area contributed by atoms with Crippen LogP contribution in [0.15, 0.2) is 18.2 Å². The summed E-state index contributed by atoms with van der Waals surface area (Å²) in [5.41, 5.74) is 2.81. The monoisotopic (exact) mass is 202 g/mol. The molecule has 0 heterocycles. The maximum atomic E-state index is 8.98. The lowest BCUT2D eigenvalue weighted by atomic mass is 10.1. The zero-order valence-corrected chi connectivity index (χ0v) is 9.67. The van der Waals surface area contributed by atoms with Crippen LogP contribution in [0.1, 0.15) is 31.4 Å². The van der Waals surface area contributed by atoms with Crippen LogP contribution in [0.3, 0.4) is 0 Å². The molecule has 0 aliphatic heterocycles. The Bertz CT molecular complexity index is 363. The fourth-order valence-electron chi connectivity index (χ4n) is 1.33. The van der Waals surface area contributed by atoms with E-state index in [9.17, 15) is 0 Å². The normalized spacial score (nSPS) is 11.9. The molecular formula is C13H18N2. The topological polar surface area (TPSA) is 35.8 Å². The zero-order chi connectivity index (χ0) is 11.3. The van der Waals surface area contributed by atoms with Gasteiger partial charge in [0.15, 0.2) is 0 Å². The van der Waals surface area contributed by atoms with Crippen LogP contribution in [0.25, 0.3) is 0 Å². The molecule has 2 heteroatoms. The number of nitrogens with zero attached hydrogens (tertiary/aromatic N) is 1. The van der Waals surface area contributed by atoms with E-state index in [0.717, 1.165) is 29.8 Å². The van der Waals surface area contributed by atoms with Crippen LogP contribution in [0, 0.1) is 24.2 Å². The quantitative estimate of drug-likeness (QED) is 0.813. The lowest BCUT2D eigenvalue weighted by molar-refractivity contribution is 0.593. The lowest BCUT2D eigenvalue weighted by Gasteiger charge is -2.12. The number of benzene rings is 1. The van der Waals surface area contributed by atoms with Gasteiger partial charge in [0.05, 0.1) is 11.3 Å². The van der Waals surface area contributed by atoms with Gasteiger partial charge in [-0.25, -0.2) is 0 Å². The van der Waals surface area contributed by atoms with E-state index in [2.05, 4.69) is 25.2 Å². The summed E-state index contributed by atoms with van der Waals surface area (Å²) in [6.07, 6.45) is 1.15. The first-order chi connectivity index (χ1) is 7.17. The average molecular weight is 202 g/mol. The highest BCUT2D eigenvalue weighted by Gasteiger charge is 2.03. The summed E-state index contributed by atoms with van der Waals surface area (Å²) in [5, 5.41) is 12.3. The predicted molar refractivity (Wildman–Crippen MR) is 63.8 cm³/mol. The Morgan fingerprint density at radius 2 is 2.20 bits per heavy atom. The Morgan fingerprint density at radius 3 is 2.80 bits per heavy atom. The summed E-state index contributed by atoms with van der Waals surface area (Å²) in [4.78, 5) is 0. The standard InChI is InChI=1S/C13H18N2/c1-4-10(2)9-15-13-6-5-11(3)7-12(13)8-14/h5-7,10,15H,4,9H2,1-3H3. The Morgan fingerprint density at radius 1 is 1.47 bits per heavy atom. The molecule has 0 aliphatic carbocycles. The summed E-state index contributed by atoms with van der Waals surface area (Å²) in [5.74, 6) is 0.637. The molecule has 15 heavy (non-hydrogen) atoms. The lowest BCUT2D eigenvalue weighted by Crippen LogP contribution is -2.11. The van der Waals surface area contributed by atoms with Crippen LogP contribution < -0.4 is 5.32 Å². The molecule has 80 valence electrons. The highest BCUT2D eigenvalue weighted by atomic mass is 14.9. The van der Waals surface area contributed by atoms with Gasteiger partial charge >= 0.3 is 0 Å². The molecule has 0 saturated heterocycles. The first-order valence-corrected chi connectivity index (χ1v) is 5.42. The van der Waals surface area contributed by atoms with E-state index in [1.807, 2.05) is 25.1 Å². The molecule has 0 radical (unpaired) electrons. The summed E-state index contributed by atoms with van der Waals surface area (Å²) in [6.45, 7) is 7.30. The largest absolute Gasteiger partial charge is 0.384 e. The molecule has 0 saturated carbocycles. The number of rotatable bonds is 4. The minimum atomic E-state index is 0.637. The molecule has 0 aliphatic rings. The van der Waals surface area contributed by atoms with E-state index in [1.54, 1.807) is 0 Å². The molecule has 1 aromatic carbocycles. The molecule has 0 amide bonds. The summed E-state index contributed by atoms with van der Waals surface area (Å²) >= 11 is 0. The number of hydrogen-bond acceptors (Lipinski definition) is 2. The average Bonchev–Trinajstić information content (AvgIpc) is 2.26. The molecule has 1 aromatic rings. The third-order valence-electron chi connectivity index (χ3n) is 2.63. The van der Waals surface area contributed by atoms with Crippen LogP contribution >= 0.6 is 0 Å². The summed E-state index contributed by atoms with van der Waals surface area (Å²) in [6, 6.07) is 8.14. The first-order valence-electron chi connectivity index (χ1n) is 5.42. The van der Waals surface area contributed by atoms with Gasteiger partial charge in [-0.15, -0.1) is 0 Å².